The number of benzene rings is 1. The van der Waals surface area contributed by atoms with Gasteiger partial charge in [-0.05, 0) is 18.2 Å². The summed E-state index contributed by atoms with van der Waals surface area (Å²) in [7, 11) is 1.51. The molecule has 0 saturated heterocycles. The molecule has 0 atom stereocenters. The minimum atomic E-state index is -4.49. The SMILES string of the molecule is COCCNc1ccc(C(N)=S)c(C(F)(F)F)c1. The van der Waals surface area contributed by atoms with E-state index in [4.69, 9.17) is 10.5 Å². The zero-order chi connectivity index (χ0) is 13.8. The van der Waals surface area contributed by atoms with Crippen LogP contribution >= 0.6 is 12.2 Å². The lowest BCUT2D eigenvalue weighted by molar-refractivity contribution is -0.137. The average Bonchev–Trinajstić information content (AvgIpc) is 2.28. The first-order valence-corrected chi connectivity index (χ1v) is 5.51. The number of hydrogen-bond acceptors (Lipinski definition) is 3. The number of alkyl halides is 3. The number of thiocarbonyl (C=S) groups is 1. The third-order valence-electron chi connectivity index (χ3n) is 2.23. The van der Waals surface area contributed by atoms with Crippen LogP contribution in [0.25, 0.3) is 0 Å². The van der Waals surface area contributed by atoms with E-state index in [9.17, 15) is 13.2 Å². The van der Waals surface area contributed by atoms with Crippen LogP contribution in [0.1, 0.15) is 11.1 Å². The predicted molar refractivity (Wildman–Crippen MR) is 67.7 cm³/mol. The van der Waals surface area contributed by atoms with Crippen LogP contribution in [0.5, 0.6) is 0 Å². The van der Waals surface area contributed by atoms with Crippen molar-refractivity contribution in [2.24, 2.45) is 5.73 Å². The monoisotopic (exact) mass is 278 g/mol. The van der Waals surface area contributed by atoms with Crippen molar-refractivity contribution in [3.05, 3.63) is 29.3 Å². The number of halogens is 3. The summed E-state index contributed by atoms with van der Waals surface area (Å²) in [5.74, 6) is 0. The first-order valence-electron chi connectivity index (χ1n) is 5.10. The molecule has 0 aliphatic rings. The van der Waals surface area contributed by atoms with E-state index in [1.54, 1.807) is 0 Å². The largest absolute Gasteiger partial charge is 0.417 e. The highest BCUT2D eigenvalue weighted by Crippen LogP contribution is 2.33. The lowest BCUT2D eigenvalue weighted by Gasteiger charge is -2.14. The molecule has 1 aromatic carbocycles. The first-order chi connectivity index (χ1) is 8.36. The van der Waals surface area contributed by atoms with Gasteiger partial charge in [-0.15, -0.1) is 0 Å². The smallest absolute Gasteiger partial charge is 0.389 e. The van der Waals surface area contributed by atoms with Gasteiger partial charge in [-0.1, -0.05) is 12.2 Å². The molecule has 0 heterocycles. The molecule has 7 heteroatoms. The number of nitrogens with two attached hydrogens (primary N) is 1. The maximum absolute atomic E-state index is 12.8. The summed E-state index contributed by atoms with van der Waals surface area (Å²) in [5, 5.41) is 2.82. The summed E-state index contributed by atoms with van der Waals surface area (Å²) < 4.78 is 43.2. The Morgan fingerprint density at radius 1 is 1.44 bits per heavy atom. The molecule has 1 aromatic rings. The minimum absolute atomic E-state index is 0.171. The molecule has 0 aliphatic heterocycles. The quantitative estimate of drug-likeness (QED) is 0.641. The molecule has 0 radical (unpaired) electrons. The van der Waals surface area contributed by atoms with Crippen LogP contribution in [0.3, 0.4) is 0 Å². The normalized spacial score (nSPS) is 11.3. The van der Waals surface area contributed by atoms with Gasteiger partial charge in [0.2, 0.25) is 0 Å². The fraction of sp³-hybridized carbons (Fsp3) is 0.364. The van der Waals surface area contributed by atoms with Gasteiger partial charge in [0, 0.05) is 24.9 Å². The second-order valence-electron chi connectivity index (χ2n) is 3.54. The minimum Gasteiger partial charge on any atom is -0.389 e. The number of rotatable bonds is 5. The van der Waals surface area contributed by atoms with Crippen molar-refractivity contribution >= 4 is 22.9 Å². The highest BCUT2D eigenvalue weighted by atomic mass is 32.1. The second-order valence-corrected chi connectivity index (χ2v) is 3.98. The summed E-state index contributed by atoms with van der Waals surface area (Å²) in [6, 6.07) is 3.75. The van der Waals surface area contributed by atoms with Crippen LogP contribution in [0.15, 0.2) is 18.2 Å². The van der Waals surface area contributed by atoms with Crippen molar-refractivity contribution in [3.8, 4) is 0 Å². The molecule has 0 saturated carbocycles. The highest BCUT2D eigenvalue weighted by Gasteiger charge is 2.34. The molecular weight excluding hydrogens is 265 g/mol. The van der Waals surface area contributed by atoms with Crippen LogP contribution < -0.4 is 11.1 Å². The molecule has 3 nitrogen and oxygen atoms in total. The summed E-state index contributed by atoms with van der Waals surface area (Å²) in [5.41, 5.74) is 4.61. The van der Waals surface area contributed by atoms with E-state index >= 15 is 0 Å². The van der Waals surface area contributed by atoms with Gasteiger partial charge in [-0.3, -0.25) is 0 Å². The van der Waals surface area contributed by atoms with E-state index in [0.717, 1.165) is 6.07 Å². The van der Waals surface area contributed by atoms with Gasteiger partial charge in [0.05, 0.1) is 12.2 Å². The van der Waals surface area contributed by atoms with E-state index < -0.39 is 11.7 Å². The van der Waals surface area contributed by atoms with Crippen molar-refractivity contribution in [1.29, 1.82) is 0 Å². The van der Waals surface area contributed by atoms with E-state index in [0.29, 0.717) is 18.8 Å². The summed E-state index contributed by atoms with van der Waals surface area (Å²) in [6.07, 6.45) is -4.49. The van der Waals surface area contributed by atoms with Gasteiger partial charge >= 0.3 is 6.18 Å². The number of nitrogens with one attached hydrogen (secondary N) is 1. The zero-order valence-corrected chi connectivity index (χ0v) is 10.5. The predicted octanol–water partition coefficient (Wildman–Crippen LogP) is 2.40. The molecule has 0 aliphatic carbocycles. The maximum atomic E-state index is 12.8. The Bertz CT molecular complexity index is 435. The van der Waals surface area contributed by atoms with Gasteiger partial charge in [0.1, 0.15) is 4.99 Å². The Morgan fingerprint density at radius 3 is 2.61 bits per heavy atom. The van der Waals surface area contributed by atoms with Crippen LogP contribution in [0.2, 0.25) is 0 Å². The summed E-state index contributed by atoms with van der Waals surface area (Å²) in [6.45, 7) is 0.818. The summed E-state index contributed by atoms with van der Waals surface area (Å²) >= 11 is 4.61. The van der Waals surface area contributed by atoms with Crippen molar-refractivity contribution in [2.45, 2.75) is 6.18 Å². The Morgan fingerprint density at radius 2 is 2.11 bits per heavy atom. The molecule has 0 aromatic heterocycles. The lowest BCUT2D eigenvalue weighted by Crippen LogP contribution is -2.18. The Balaban J connectivity index is 3.02. The fourth-order valence-corrected chi connectivity index (χ4v) is 1.58. The number of methoxy groups -OCH3 is 1. The third-order valence-corrected chi connectivity index (χ3v) is 2.45. The zero-order valence-electron chi connectivity index (χ0n) is 9.67. The van der Waals surface area contributed by atoms with Crippen LogP contribution in [0.4, 0.5) is 18.9 Å². The molecule has 100 valence electrons. The number of hydrogen-bond donors (Lipinski definition) is 2. The number of ether oxygens (including phenoxy) is 1. The first kappa shape index (κ1) is 14.7. The van der Waals surface area contributed by atoms with Crippen molar-refractivity contribution in [2.75, 3.05) is 25.6 Å². The molecule has 0 spiro atoms. The van der Waals surface area contributed by atoms with Gasteiger partial charge in [0.15, 0.2) is 0 Å². The van der Waals surface area contributed by atoms with Gasteiger partial charge < -0.3 is 15.8 Å². The molecule has 0 amide bonds. The third kappa shape index (κ3) is 3.85. The molecular formula is C11H13F3N2OS. The number of anilines is 1. The van der Waals surface area contributed by atoms with Gasteiger partial charge in [0.25, 0.3) is 0 Å². The van der Waals surface area contributed by atoms with Crippen molar-refractivity contribution < 1.29 is 17.9 Å². The highest BCUT2D eigenvalue weighted by molar-refractivity contribution is 7.80. The topological polar surface area (TPSA) is 47.3 Å². The fourth-order valence-electron chi connectivity index (χ4n) is 1.40. The molecule has 0 unspecified atom stereocenters. The Labute approximate surface area is 108 Å². The lowest BCUT2D eigenvalue weighted by atomic mass is 10.1. The standard InChI is InChI=1S/C11H13F3N2OS/c1-17-5-4-16-7-2-3-8(10(15)18)9(6-7)11(12,13)14/h2-3,6,16H,4-5H2,1H3,(H2,15,18). The second kappa shape index (κ2) is 6.01. The van der Waals surface area contributed by atoms with Gasteiger partial charge in [-0.2, -0.15) is 13.2 Å². The molecule has 0 fully saturated rings. The average molecular weight is 278 g/mol. The molecule has 0 bridgehead atoms. The van der Waals surface area contributed by atoms with E-state index in [1.807, 2.05) is 0 Å². The Hall–Kier alpha value is -1.34. The van der Waals surface area contributed by atoms with E-state index in [1.165, 1.54) is 19.2 Å². The van der Waals surface area contributed by atoms with Crippen LogP contribution in [-0.2, 0) is 10.9 Å². The van der Waals surface area contributed by atoms with E-state index in [-0.39, 0.29) is 10.6 Å². The molecule has 3 N–H and O–H groups in total. The maximum Gasteiger partial charge on any atom is 0.417 e. The van der Waals surface area contributed by atoms with Crippen LogP contribution in [-0.4, -0.2) is 25.2 Å². The van der Waals surface area contributed by atoms with Gasteiger partial charge in [-0.25, -0.2) is 0 Å². The van der Waals surface area contributed by atoms with Crippen molar-refractivity contribution in [1.82, 2.24) is 0 Å². The summed E-state index contributed by atoms with van der Waals surface area (Å²) in [4.78, 5) is -0.272. The molecule has 18 heavy (non-hydrogen) atoms. The van der Waals surface area contributed by atoms with E-state index in [2.05, 4.69) is 17.5 Å². The van der Waals surface area contributed by atoms with Crippen molar-refractivity contribution in [3.63, 3.8) is 0 Å². The molecule has 1 rings (SSSR count). The Kier molecular flexibility index (Phi) is 4.92. The van der Waals surface area contributed by atoms with Crippen LogP contribution in [0, 0.1) is 0 Å².